The fraction of sp³-hybridized carbons (Fsp3) is 0.350. The second-order valence-corrected chi connectivity index (χ2v) is 14.9. The van der Waals surface area contributed by atoms with Gasteiger partial charge in [0.05, 0.1) is 58.2 Å². The van der Waals surface area contributed by atoms with Crippen molar-refractivity contribution in [3.8, 4) is 16.1 Å². The molecule has 0 spiro atoms. The summed E-state index contributed by atoms with van der Waals surface area (Å²) < 4.78 is 19.0. The van der Waals surface area contributed by atoms with E-state index >= 15 is 0 Å². The third kappa shape index (κ3) is 9.11. The quantitative estimate of drug-likeness (QED) is 0.0961. The molecule has 5 heterocycles. The van der Waals surface area contributed by atoms with Crippen LogP contribution in [0.5, 0.6) is 0 Å². The normalized spacial score (nSPS) is 14.4. The number of hydrogen-bond donors (Lipinski definition) is 3. The van der Waals surface area contributed by atoms with Gasteiger partial charge in [-0.25, -0.2) is 4.98 Å². The summed E-state index contributed by atoms with van der Waals surface area (Å²) in [6.07, 6.45) is 2.34. The van der Waals surface area contributed by atoms with Gasteiger partial charge in [-0.05, 0) is 73.9 Å². The maximum absolute atomic E-state index is 13.2. The first-order valence-corrected chi connectivity index (χ1v) is 19.4. The van der Waals surface area contributed by atoms with Crippen molar-refractivity contribution in [3.05, 3.63) is 105 Å². The van der Waals surface area contributed by atoms with Gasteiger partial charge in [-0.15, -0.1) is 21.5 Å². The number of amides is 2. The molecule has 0 saturated carbocycles. The lowest BCUT2D eigenvalue weighted by Crippen LogP contribution is -2.29. The van der Waals surface area contributed by atoms with Crippen LogP contribution in [0, 0.1) is 20.8 Å². The Hall–Kier alpha value is -4.99. The van der Waals surface area contributed by atoms with Gasteiger partial charge in [0, 0.05) is 51.6 Å². The van der Waals surface area contributed by atoms with Gasteiger partial charge < -0.3 is 30.2 Å². The summed E-state index contributed by atoms with van der Waals surface area (Å²) in [5.74, 6) is 2.02. The van der Waals surface area contributed by atoms with Crippen LogP contribution in [0.2, 0.25) is 5.02 Å². The van der Waals surface area contributed by atoms with E-state index in [1.165, 1.54) is 4.88 Å². The largest absolute Gasteiger partial charge is 0.377 e. The number of thiophene rings is 1. The number of anilines is 2. The molecule has 7 rings (SSSR count). The van der Waals surface area contributed by atoms with Crippen LogP contribution in [-0.4, -0.2) is 90.0 Å². The van der Waals surface area contributed by atoms with E-state index in [1.54, 1.807) is 11.3 Å². The smallest absolute Gasteiger partial charge is 0.228 e. The summed E-state index contributed by atoms with van der Waals surface area (Å²) >= 11 is 7.89. The summed E-state index contributed by atoms with van der Waals surface area (Å²) in [5, 5.41) is 19.6. The molecule has 0 saturated heterocycles. The van der Waals surface area contributed by atoms with E-state index in [0.29, 0.717) is 70.0 Å². The van der Waals surface area contributed by atoms with Crippen LogP contribution in [0.25, 0.3) is 16.1 Å². The van der Waals surface area contributed by atoms with Crippen molar-refractivity contribution in [1.82, 2.24) is 25.1 Å². The lowest BCUT2D eigenvalue weighted by atomic mass is 9.99. The van der Waals surface area contributed by atoms with Crippen molar-refractivity contribution in [3.63, 3.8) is 0 Å². The Morgan fingerprint density at radius 1 is 0.909 bits per heavy atom. The summed E-state index contributed by atoms with van der Waals surface area (Å²) in [5.41, 5.74) is 7.81. The number of hydrogen-bond acceptors (Lipinski definition) is 11. The van der Waals surface area contributed by atoms with Crippen molar-refractivity contribution in [2.45, 2.75) is 39.7 Å². The molecule has 0 fully saturated rings. The molecular formula is C40H43ClN8O5S. The van der Waals surface area contributed by atoms with E-state index < -0.39 is 6.04 Å². The fourth-order valence-corrected chi connectivity index (χ4v) is 7.85. The molecule has 2 aliphatic rings. The number of aromatic nitrogens is 4. The molecule has 3 aromatic heterocycles. The third-order valence-electron chi connectivity index (χ3n) is 9.43. The van der Waals surface area contributed by atoms with Crippen LogP contribution >= 0.6 is 22.9 Å². The van der Waals surface area contributed by atoms with E-state index in [-0.39, 0.29) is 18.2 Å². The zero-order chi connectivity index (χ0) is 38.3. The molecule has 0 aliphatic carbocycles. The number of benzene rings is 2. The molecule has 15 heteroatoms. The Kier molecular flexibility index (Phi) is 12.3. The average molecular weight is 783 g/mol. The van der Waals surface area contributed by atoms with Crippen LogP contribution in [0.4, 0.5) is 11.5 Å². The van der Waals surface area contributed by atoms with Crippen LogP contribution in [-0.2, 0) is 30.2 Å². The highest BCUT2D eigenvalue weighted by atomic mass is 35.5. The molecule has 1 atom stereocenters. The van der Waals surface area contributed by atoms with Crippen molar-refractivity contribution < 1.29 is 23.8 Å². The molecule has 2 amide bonds. The zero-order valence-electron chi connectivity index (χ0n) is 31.0. The number of nitrogens with one attached hydrogen (secondary N) is 3. The molecule has 5 aromatic rings. The topological polar surface area (TPSA) is 154 Å². The maximum atomic E-state index is 13.2. The minimum atomic E-state index is -0.531. The number of carbonyl (C=O) groups excluding carboxylic acids is 2. The van der Waals surface area contributed by atoms with E-state index in [9.17, 15) is 9.59 Å². The van der Waals surface area contributed by atoms with E-state index in [1.807, 2.05) is 72.3 Å². The first kappa shape index (κ1) is 38.3. The number of aliphatic imine (C=N–C) groups is 1. The molecule has 3 N–H and O–H groups in total. The second-order valence-electron chi connectivity index (χ2n) is 13.3. The van der Waals surface area contributed by atoms with Gasteiger partial charge >= 0.3 is 0 Å². The highest BCUT2D eigenvalue weighted by Gasteiger charge is 2.32. The standard InChI is InChI=1S/C40H43ClN8O5S/c1-24-25(2)55-40-37(24)38(27-4-8-31(41)9-5-27)46-33(39-48-47-26(3)49(39)40)22-35(50)43-13-15-53-17-19-54-18-16-52-14-12-42-34-11-7-29(23-44-34)28-6-10-32-30(20-28)21-36(51)45-32/h4-11,20,23,33H,12-19,21-22H2,1-3H3,(H,42,44)(H,43,50)(H,45,51)/t33-/m0/s1. The molecule has 2 aromatic carbocycles. The van der Waals surface area contributed by atoms with Crippen molar-refractivity contribution in [1.29, 1.82) is 0 Å². The lowest BCUT2D eigenvalue weighted by molar-refractivity contribution is -0.121. The van der Waals surface area contributed by atoms with Gasteiger partial charge in [-0.3, -0.25) is 19.1 Å². The number of fused-ring (bicyclic) bond motifs is 4. The minimum absolute atomic E-state index is 0.0253. The zero-order valence-corrected chi connectivity index (χ0v) is 32.6. The average Bonchev–Trinajstić information content (AvgIpc) is 3.82. The number of pyridine rings is 1. The molecular weight excluding hydrogens is 740 g/mol. The minimum Gasteiger partial charge on any atom is -0.377 e. The van der Waals surface area contributed by atoms with Crippen molar-refractivity contribution in [2.75, 3.05) is 63.4 Å². The Morgan fingerprint density at radius 2 is 1.62 bits per heavy atom. The monoisotopic (exact) mass is 782 g/mol. The van der Waals surface area contributed by atoms with E-state index in [4.69, 9.17) is 30.8 Å². The number of rotatable bonds is 17. The Labute approximate surface area is 328 Å². The first-order chi connectivity index (χ1) is 26.7. The second kappa shape index (κ2) is 17.6. The van der Waals surface area contributed by atoms with Crippen LogP contribution in [0.15, 0.2) is 65.8 Å². The number of nitrogens with zero attached hydrogens (tertiary/aromatic N) is 5. The first-order valence-electron chi connectivity index (χ1n) is 18.2. The van der Waals surface area contributed by atoms with E-state index in [0.717, 1.165) is 61.4 Å². The van der Waals surface area contributed by atoms with Gasteiger partial charge in [0.15, 0.2) is 5.82 Å². The molecule has 0 bridgehead atoms. The highest BCUT2D eigenvalue weighted by molar-refractivity contribution is 7.15. The Balaban J connectivity index is 0.779. The maximum Gasteiger partial charge on any atom is 0.228 e. The molecule has 286 valence electrons. The SMILES string of the molecule is Cc1sc2c(c1C)C(c1ccc(Cl)cc1)=N[C@@H](CC(=O)NCCOCCOCCOCCNc1ccc(-c3ccc4c(c3)CC(=O)N4)cn1)c1nnc(C)n1-2. The molecule has 13 nitrogen and oxygen atoms in total. The summed E-state index contributed by atoms with van der Waals surface area (Å²) in [6.45, 7) is 9.69. The Morgan fingerprint density at radius 3 is 2.36 bits per heavy atom. The number of aryl methyl sites for hydroxylation is 2. The number of halogens is 1. The molecule has 55 heavy (non-hydrogen) atoms. The summed E-state index contributed by atoms with van der Waals surface area (Å²) in [7, 11) is 0. The predicted octanol–water partition coefficient (Wildman–Crippen LogP) is 6.02. The summed E-state index contributed by atoms with van der Waals surface area (Å²) in [4.78, 5) is 35.6. The van der Waals surface area contributed by atoms with Gasteiger partial charge in [0.25, 0.3) is 0 Å². The van der Waals surface area contributed by atoms with Gasteiger partial charge in [-0.1, -0.05) is 29.8 Å². The fourth-order valence-electron chi connectivity index (χ4n) is 6.51. The summed E-state index contributed by atoms with van der Waals surface area (Å²) in [6, 6.07) is 17.0. The van der Waals surface area contributed by atoms with E-state index in [2.05, 4.69) is 45.0 Å². The predicted molar refractivity (Wildman–Crippen MR) is 214 cm³/mol. The van der Waals surface area contributed by atoms with Crippen LogP contribution < -0.4 is 16.0 Å². The Bertz CT molecular complexity index is 2180. The van der Waals surface area contributed by atoms with Gasteiger partial charge in [0.2, 0.25) is 11.8 Å². The van der Waals surface area contributed by atoms with Crippen molar-refractivity contribution >= 4 is 52.0 Å². The van der Waals surface area contributed by atoms with Crippen LogP contribution in [0.3, 0.4) is 0 Å². The van der Waals surface area contributed by atoms with Crippen LogP contribution in [0.1, 0.15) is 51.2 Å². The molecule has 0 unspecified atom stereocenters. The highest BCUT2D eigenvalue weighted by Crippen LogP contribution is 2.39. The number of ether oxygens (including phenoxy) is 3. The van der Waals surface area contributed by atoms with Crippen molar-refractivity contribution in [2.24, 2.45) is 4.99 Å². The molecule has 0 radical (unpaired) electrons. The number of carbonyl (C=O) groups is 2. The molecule has 2 aliphatic heterocycles. The third-order valence-corrected chi connectivity index (χ3v) is 10.9. The van der Waals surface area contributed by atoms with Gasteiger partial charge in [-0.2, -0.15) is 0 Å². The van der Waals surface area contributed by atoms with Gasteiger partial charge in [0.1, 0.15) is 22.7 Å². The lowest BCUT2D eigenvalue weighted by Gasteiger charge is -2.13.